The van der Waals surface area contributed by atoms with Gasteiger partial charge in [-0.3, -0.25) is 0 Å². The Morgan fingerprint density at radius 3 is 1.13 bits per heavy atom. The first kappa shape index (κ1) is 53.9. The lowest BCUT2D eigenvalue weighted by atomic mass is 9.84. The van der Waals surface area contributed by atoms with E-state index in [4.69, 9.17) is 0 Å². The molecule has 364 valence electrons. The van der Waals surface area contributed by atoms with Gasteiger partial charge in [-0.2, -0.15) is 0 Å². The Bertz CT molecular complexity index is 2770. The third-order valence-corrected chi connectivity index (χ3v) is 18.6. The molecule has 0 bridgehead atoms. The van der Waals surface area contributed by atoms with E-state index in [1.165, 1.54) is 0 Å². The summed E-state index contributed by atoms with van der Waals surface area (Å²) in [6.07, 6.45) is 16.6. The Kier molecular flexibility index (Phi) is 19.7. The lowest BCUT2D eigenvalue weighted by Gasteiger charge is -2.31. The first-order valence-corrected chi connectivity index (χ1v) is 28.9. The van der Waals surface area contributed by atoms with Crippen molar-refractivity contribution in [2.75, 3.05) is 12.5 Å². The highest BCUT2D eigenvalue weighted by Crippen LogP contribution is 2.37. The zero-order chi connectivity index (χ0) is 50.3. The number of hydrogen-bond donors (Lipinski definition) is 2. The van der Waals surface area contributed by atoms with Crippen LogP contribution in [0.15, 0.2) is 225 Å². The van der Waals surface area contributed by atoms with Gasteiger partial charge >= 0.3 is 0 Å². The van der Waals surface area contributed by atoms with Crippen molar-refractivity contribution in [3.63, 3.8) is 0 Å². The topological polar surface area (TPSA) is 109 Å². The fourth-order valence-corrected chi connectivity index (χ4v) is 13.4. The molecule has 0 amide bonds. The Labute approximate surface area is 425 Å². The van der Waals surface area contributed by atoms with Crippen molar-refractivity contribution in [2.24, 2.45) is 0 Å². The summed E-state index contributed by atoms with van der Waals surface area (Å²) in [5.41, 5.74) is 6.46. The maximum absolute atomic E-state index is 14.7. The van der Waals surface area contributed by atoms with Crippen LogP contribution in [0.2, 0.25) is 0 Å². The van der Waals surface area contributed by atoms with E-state index in [0.717, 1.165) is 43.2 Å². The van der Waals surface area contributed by atoms with E-state index >= 15 is 0 Å². The normalized spacial score (nSPS) is 15.5. The van der Waals surface area contributed by atoms with Crippen molar-refractivity contribution in [3.05, 3.63) is 239 Å². The predicted molar refractivity (Wildman–Crippen MR) is 295 cm³/mol. The van der Waals surface area contributed by atoms with E-state index in [0.29, 0.717) is 11.1 Å². The first-order valence-electron chi connectivity index (χ1n) is 23.3. The fraction of sp³-hybridized carbons (Fsp3) is 0.233. The maximum atomic E-state index is 14.7. The van der Waals surface area contributed by atoms with Gasteiger partial charge in [0.05, 0.1) is 22.0 Å². The van der Waals surface area contributed by atoms with E-state index in [2.05, 4.69) is 0 Å². The van der Waals surface area contributed by atoms with Crippen LogP contribution >= 0.6 is 23.5 Å². The van der Waals surface area contributed by atoms with E-state index in [1.54, 1.807) is 110 Å². The molecule has 2 N–H and O–H groups in total. The van der Waals surface area contributed by atoms with Gasteiger partial charge in [-0.15, -0.1) is 23.5 Å². The molecule has 6 aromatic carbocycles. The number of thioether (sulfide) groups is 2. The lowest BCUT2D eigenvalue weighted by molar-refractivity contribution is 0.143. The number of sulfone groups is 2. The number of aliphatic hydroxyl groups excluding tert-OH is 2. The summed E-state index contributed by atoms with van der Waals surface area (Å²) in [4.78, 5) is 2.50. The van der Waals surface area contributed by atoms with Gasteiger partial charge in [0, 0.05) is 21.6 Å². The number of hydrogen-bond acceptors (Lipinski definition) is 8. The van der Waals surface area contributed by atoms with Gasteiger partial charge in [-0.25, -0.2) is 16.8 Å². The maximum Gasteiger partial charge on any atom is 0.187 e. The molecule has 0 aliphatic carbocycles. The zero-order valence-corrected chi connectivity index (χ0v) is 43.9. The fourth-order valence-electron chi connectivity index (χ4n) is 8.63. The smallest absolute Gasteiger partial charge is 0.187 e. The van der Waals surface area contributed by atoms with Gasteiger partial charge < -0.3 is 10.2 Å². The number of rotatable bonds is 22. The molecule has 0 radical (unpaired) electrons. The Balaban J connectivity index is 1.37. The molecule has 6 aromatic rings. The van der Waals surface area contributed by atoms with Crippen LogP contribution in [0.4, 0.5) is 0 Å². The number of aliphatic hydroxyl groups is 2. The minimum absolute atomic E-state index is 0.112. The average Bonchev–Trinajstić information content (AvgIpc) is 3.36. The molecule has 0 aliphatic rings. The van der Waals surface area contributed by atoms with Crippen LogP contribution in [-0.2, 0) is 19.7 Å². The van der Waals surface area contributed by atoms with E-state index in [9.17, 15) is 27.0 Å². The highest BCUT2D eigenvalue weighted by Gasteiger charge is 2.41. The molecule has 0 spiro atoms. The average molecular weight is 1010 g/mol. The van der Waals surface area contributed by atoms with Crippen LogP contribution in [0, 0.1) is 13.8 Å². The van der Waals surface area contributed by atoms with Crippen LogP contribution in [0.3, 0.4) is 0 Å². The molecule has 0 fully saturated rings. The second kappa shape index (κ2) is 25.6. The number of benzene rings is 6. The van der Waals surface area contributed by atoms with Crippen LogP contribution in [0.5, 0.6) is 0 Å². The highest BCUT2D eigenvalue weighted by atomic mass is 32.2. The molecule has 10 heteroatoms. The van der Waals surface area contributed by atoms with Gasteiger partial charge in [0.25, 0.3) is 0 Å². The van der Waals surface area contributed by atoms with Gasteiger partial charge in [0.2, 0.25) is 0 Å². The van der Waals surface area contributed by atoms with Crippen molar-refractivity contribution in [1.82, 2.24) is 0 Å². The monoisotopic (exact) mass is 1010 g/mol. The van der Waals surface area contributed by atoms with Crippen LogP contribution < -0.4 is 0 Å². The third kappa shape index (κ3) is 14.1. The van der Waals surface area contributed by atoms with Crippen molar-refractivity contribution in [1.29, 1.82) is 0 Å². The summed E-state index contributed by atoms with van der Waals surface area (Å²) in [6, 6.07) is 48.2. The molecule has 0 aliphatic heterocycles. The molecule has 0 heterocycles. The molecule has 6 nitrogen and oxygen atoms in total. The third-order valence-electron chi connectivity index (χ3n) is 12.6. The van der Waals surface area contributed by atoms with E-state index < -0.39 is 54.2 Å². The molecular weight excluding hydrogens is 945 g/mol. The summed E-state index contributed by atoms with van der Waals surface area (Å²) < 4.78 is 58.9. The SMILES string of the molecule is CSc1ccc(/C=C/C=C(\C)C(C(O)C(C/C=C/CC(c2ccc(C)cc2)C(O)C(/C(C)=C/C=C/c2ccc(SC)cc2)S(=O)(=O)c2ccccc2)c2ccc(C)cc2)S(=O)(=O)c2ccccc2)cc1. The highest BCUT2D eigenvalue weighted by molar-refractivity contribution is 7.98. The van der Waals surface area contributed by atoms with Crippen LogP contribution in [0.1, 0.15) is 71.9 Å². The molecule has 6 rings (SSSR count). The minimum Gasteiger partial charge on any atom is -0.391 e. The second-order valence-corrected chi connectivity index (χ2v) is 23.5. The van der Waals surface area contributed by atoms with Crippen LogP contribution in [0.25, 0.3) is 12.2 Å². The number of aryl methyl sites for hydroxylation is 2. The first-order chi connectivity index (χ1) is 33.6. The Morgan fingerprint density at radius 1 is 0.486 bits per heavy atom. The van der Waals surface area contributed by atoms with Crippen molar-refractivity contribution in [3.8, 4) is 0 Å². The van der Waals surface area contributed by atoms with Gasteiger partial charge in [-0.05, 0) is 124 Å². The second-order valence-electron chi connectivity index (χ2n) is 17.6. The lowest BCUT2D eigenvalue weighted by Crippen LogP contribution is -2.39. The van der Waals surface area contributed by atoms with Crippen molar-refractivity contribution < 1.29 is 27.0 Å². The largest absolute Gasteiger partial charge is 0.391 e. The molecule has 6 unspecified atom stereocenters. The predicted octanol–water partition coefficient (Wildman–Crippen LogP) is 13.7. The summed E-state index contributed by atoms with van der Waals surface area (Å²) in [5, 5.41) is 22.7. The molecule has 6 atom stereocenters. The van der Waals surface area contributed by atoms with Crippen molar-refractivity contribution >= 4 is 55.4 Å². The molecule has 0 saturated heterocycles. The standard InChI is InChI=1S/C60H64O6S4/c1-43-27-35-49(36-28-43)55(57(61)59(69(63,64)53-21-9-7-10-22-53)45(3)17-15-19-47-31-39-51(67-5)40-32-47)25-13-14-26-56(50-37-29-44(2)30-38-50)58(62)60(70(65,66)54-23-11-8-12-24-54)46(4)18-16-20-48-33-41-52(68-6)42-34-48/h7-24,27-42,55-62H,25-26H2,1-6H3/b14-13+,19-15+,20-16+,45-17+,46-18+. The Hall–Kier alpha value is -5.46. The Morgan fingerprint density at radius 2 is 0.814 bits per heavy atom. The molecule has 0 saturated carbocycles. The summed E-state index contributed by atoms with van der Waals surface area (Å²) >= 11 is 3.31. The van der Waals surface area contributed by atoms with E-state index in [-0.39, 0.29) is 22.6 Å². The molecule has 70 heavy (non-hydrogen) atoms. The molecule has 0 aromatic heterocycles. The molecular formula is C60H64O6S4. The number of allylic oxidation sites excluding steroid dienone is 6. The summed E-state index contributed by atoms with van der Waals surface area (Å²) in [6.45, 7) is 7.45. The minimum atomic E-state index is -4.12. The van der Waals surface area contributed by atoms with Crippen LogP contribution in [-0.4, -0.2) is 62.3 Å². The van der Waals surface area contributed by atoms with Gasteiger partial charge in [-0.1, -0.05) is 180 Å². The quantitative estimate of drug-likeness (QED) is 0.0393. The van der Waals surface area contributed by atoms with Gasteiger partial charge in [0.15, 0.2) is 19.7 Å². The summed E-state index contributed by atoms with van der Waals surface area (Å²) in [5.74, 6) is -1.34. The zero-order valence-electron chi connectivity index (χ0n) is 40.7. The van der Waals surface area contributed by atoms with Crippen molar-refractivity contribution in [2.45, 2.75) is 94.7 Å². The van der Waals surface area contributed by atoms with Gasteiger partial charge in [0.1, 0.15) is 10.5 Å². The van der Waals surface area contributed by atoms with E-state index in [1.807, 2.05) is 160 Å². The summed E-state index contributed by atoms with van der Waals surface area (Å²) in [7, 11) is -8.24.